The molecule has 8 nitrogen and oxygen atoms in total. The highest BCUT2D eigenvalue weighted by atomic mass is 35.5. The van der Waals surface area contributed by atoms with E-state index < -0.39 is 11.1 Å². The summed E-state index contributed by atoms with van der Waals surface area (Å²) in [4.78, 5) is 38.4. The normalized spacial score (nSPS) is 16.4. The van der Waals surface area contributed by atoms with Gasteiger partial charge >= 0.3 is 6.09 Å². The predicted octanol–water partition coefficient (Wildman–Crippen LogP) is 7.92. The summed E-state index contributed by atoms with van der Waals surface area (Å²) in [5.74, 6) is 0.364. The fraction of sp³-hybridized carbons (Fsp3) is 0.357. The minimum Gasteiger partial charge on any atom is -0.444 e. The smallest absolute Gasteiger partial charge is 0.411 e. The summed E-state index contributed by atoms with van der Waals surface area (Å²) >= 11 is 20.1. The van der Waals surface area contributed by atoms with Gasteiger partial charge in [-0.25, -0.2) is 14.8 Å². The molecule has 0 atom stereocenters. The molecule has 0 bridgehead atoms. The van der Waals surface area contributed by atoms with Crippen LogP contribution in [0.2, 0.25) is 15.1 Å². The van der Waals surface area contributed by atoms with Gasteiger partial charge in [0.05, 0.1) is 32.7 Å². The number of carbonyl (C=O) groups is 2. The second-order valence-electron chi connectivity index (χ2n) is 11.1. The first-order valence-electron chi connectivity index (χ1n) is 12.6. The number of benzene rings is 2. The number of nitrogens with zero attached hydrogens (tertiary/aromatic N) is 4. The first-order chi connectivity index (χ1) is 18.7. The van der Waals surface area contributed by atoms with E-state index in [9.17, 15) is 9.59 Å². The number of fused-ring (bicyclic) bond motifs is 2. The van der Waals surface area contributed by atoms with E-state index in [1.807, 2.05) is 46.8 Å². The number of nitrogens with one attached hydrogen (secondary N) is 1. The third-order valence-electron chi connectivity index (χ3n) is 6.73. The Morgan fingerprint density at radius 1 is 1.12 bits per heavy atom. The molecule has 3 aromatic rings. The van der Waals surface area contributed by atoms with Crippen molar-refractivity contribution in [1.29, 1.82) is 0 Å². The molecule has 2 amide bonds. The third-order valence-corrected chi connectivity index (χ3v) is 8.49. The maximum absolute atomic E-state index is 13.3. The van der Waals surface area contributed by atoms with Crippen LogP contribution in [-0.4, -0.2) is 44.9 Å². The number of hydrogen-bond acceptors (Lipinski definition) is 7. The summed E-state index contributed by atoms with van der Waals surface area (Å²) in [6.45, 7) is 10.2. The average Bonchev–Trinajstić information content (AvgIpc) is 2.83. The van der Waals surface area contributed by atoms with Gasteiger partial charge in [-0.3, -0.25) is 14.6 Å². The van der Waals surface area contributed by atoms with Crippen molar-refractivity contribution in [3.05, 3.63) is 68.3 Å². The largest absolute Gasteiger partial charge is 0.444 e. The second kappa shape index (κ2) is 10.6. The van der Waals surface area contributed by atoms with Crippen molar-refractivity contribution in [2.45, 2.75) is 57.2 Å². The summed E-state index contributed by atoms with van der Waals surface area (Å²) in [5.41, 5.74) is 2.67. The second-order valence-corrected chi connectivity index (χ2v) is 13.3. The number of hydrogen-bond donors (Lipinski definition) is 1. The van der Waals surface area contributed by atoms with Crippen LogP contribution in [0.1, 0.15) is 56.1 Å². The van der Waals surface area contributed by atoms with Gasteiger partial charge in [-0.15, -0.1) is 0 Å². The summed E-state index contributed by atoms with van der Waals surface area (Å²) < 4.78 is 5.64. The Bertz CT molecular complexity index is 1500. The Balaban J connectivity index is 1.34. The zero-order valence-electron chi connectivity index (χ0n) is 22.6. The van der Waals surface area contributed by atoms with Crippen LogP contribution in [-0.2, 0) is 16.7 Å². The van der Waals surface area contributed by atoms with E-state index in [2.05, 4.69) is 21.4 Å². The topological polar surface area (TPSA) is 87.7 Å². The molecule has 40 heavy (non-hydrogen) atoms. The standard InChI is InChI=1S/C28H28Cl3N5O3S/c1-27(2,3)39-26(38)36-9-8-15-10-17(6-7-19(15)28(36,4)5)33-25-32-13-18-23(34-25)40-14-35(24(18)37)22-20(30)11-16(29)12-21(22)31/h6-7,10-13H,8-9,14H2,1-5H3,(H,32,33,34). The number of anilines is 3. The quantitative estimate of drug-likeness (QED) is 0.298. The molecule has 3 heterocycles. The van der Waals surface area contributed by atoms with Gasteiger partial charge in [0, 0.05) is 23.5 Å². The highest BCUT2D eigenvalue weighted by molar-refractivity contribution is 7.99. The van der Waals surface area contributed by atoms with Gasteiger partial charge in [0.1, 0.15) is 10.6 Å². The molecule has 5 rings (SSSR count). The first kappa shape index (κ1) is 28.8. The minimum atomic E-state index is -0.562. The number of carbonyl (C=O) groups excluding carboxylic acids is 2. The molecule has 0 aliphatic carbocycles. The van der Waals surface area contributed by atoms with Crippen LogP contribution in [0.3, 0.4) is 0 Å². The number of thioether (sulfide) groups is 1. The van der Waals surface area contributed by atoms with E-state index in [0.717, 1.165) is 16.8 Å². The molecule has 0 fully saturated rings. The van der Waals surface area contributed by atoms with Crippen molar-refractivity contribution in [1.82, 2.24) is 14.9 Å². The number of halogens is 3. The molecule has 12 heteroatoms. The van der Waals surface area contributed by atoms with Crippen molar-refractivity contribution >= 4 is 75.9 Å². The van der Waals surface area contributed by atoms with Gasteiger partial charge in [-0.2, -0.15) is 0 Å². The Kier molecular flexibility index (Phi) is 7.63. The van der Waals surface area contributed by atoms with Crippen molar-refractivity contribution in [3.8, 4) is 0 Å². The van der Waals surface area contributed by atoms with Crippen LogP contribution in [0.15, 0.2) is 41.6 Å². The lowest BCUT2D eigenvalue weighted by molar-refractivity contribution is -0.000308. The zero-order chi connectivity index (χ0) is 29.0. The lowest BCUT2D eigenvalue weighted by Crippen LogP contribution is -2.51. The number of rotatable bonds is 3. The highest BCUT2D eigenvalue weighted by Crippen LogP contribution is 2.42. The molecule has 210 valence electrons. The van der Waals surface area contributed by atoms with Crippen LogP contribution in [0.25, 0.3) is 0 Å². The van der Waals surface area contributed by atoms with Gasteiger partial charge in [0.15, 0.2) is 0 Å². The predicted molar refractivity (Wildman–Crippen MR) is 160 cm³/mol. The SMILES string of the molecule is CC(C)(C)OC(=O)N1CCc2cc(Nc3ncc4c(n3)SCN(c3c(Cl)cc(Cl)cc3Cl)C4=O)ccc2C1(C)C. The molecule has 1 N–H and O–H groups in total. The fourth-order valence-corrected chi connectivity index (χ4v) is 6.83. The van der Waals surface area contributed by atoms with E-state index in [0.29, 0.717) is 50.3 Å². The minimum absolute atomic E-state index is 0.283. The van der Waals surface area contributed by atoms with E-state index in [1.165, 1.54) is 22.9 Å². The van der Waals surface area contributed by atoms with E-state index >= 15 is 0 Å². The lowest BCUT2D eigenvalue weighted by atomic mass is 9.83. The Morgan fingerprint density at radius 2 is 1.82 bits per heavy atom. The highest BCUT2D eigenvalue weighted by Gasteiger charge is 2.39. The average molecular weight is 621 g/mol. The van der Waals surface area contributed by atoms with Crippen molar-refractivity contribution < 1.29 is 14.3 Å². The van der Waals surface area contributed by atoms with Crippen LogP contribution in [0.5, 0.6) is 0 Å². The van der Waals surface area contributed by atoms with Crippen LogP contribution < -0.4 is 10.2 Å². The van der Waals surface area contributed by atoms with E-state index in [4.69, 9.17) is 39.5 Å². The van der Waals surface area contributed by atoms with Crippen LogP contribution in [0.4, 0.5) is 22.1 Å². The molecule has 0 spiro atoms. The van der Waals surface area contributed by atoms with Crippen molar-refractivity contribution in [2.24, 2.45) is 0 Å². The molecule has 2 aromatic carbocycles. The molecule has 0 saturated heterocycles. The van der Waals surface area contributed by atoms with Gasteiger partial charge in [-0.05, 0) is 76.4 Å². The molecule has 1 aromatic heterocycles. The number of amides is 2. The zero-order valence-corrected chi connectivity index (χ0v) is 25.7. The molecule has 0 saturated carbocycles. The summed E-state index contributed by atoms with van der Waals surface area (Å²) in [7, 11) is 0. The van der Waals surface area contributed by atoms with Crippen molar-refractivity contribution in [2.75, 3.05) is 22.6 Å². The summed E-state index contributed by atoms with van der Waals surface area (Å²) in [5, 5.41) is 4.79. The van der Waals surface area contributed by atoms with Gasteiger partial charge in [0.2, 0.25) is 5.95 Å². The van der Waals surface area contributed by atoms with Gasteiger partial charge < -0.3 is 10.1 Å². The molecule has 0 unspecified atom stereocenters. The molecule has 2 aliphatic heterocycles. The number of ether oxygens (including phenoxy) is 1. The monoisotopic (exact) mass is 619 g/mol. The van der Waals surface area contributed by atoms with Gasteiger partial charge in [-0.1, -0.05) is 52.6 Å². The fourth-order valence-electron chi connectivity index (χ4n) is 4.87. The Hall–Kier alpha value is -2.72. The van der Waals surface area contributed by atoms with Gasteiger partial charge in [0.25, 0.3) is 5.91 Å². The number of aromatic nitrogens is 2. The van der Waals surface area contributed by atoms with E-state index in [1.54, 1.807) is 17.0 Å². The molecular formula is C28H28Cl3N5O3S. The van der Waals surface area contributed by atoms with Crippen LogP contribution in [0, 0.1) is 0 Å². The maximum Gasteiger partial charge on any atom is 0.411 e. The first-order valence-corrected chi connectivity index (χ1v) is 14.7. The Morgan fingerprint density at radius 3 is 2.50 bits per heavy atom. The third kappa shape index (κ3) is 5.57. The lowest BCUT2D eigenvalue weighted by Gasteiger charge is -2.44. The summed E-state index contributed by atoms with van der Waals surface area (Å²) in [6.07, 6.45) is 1.87. The van der Waals surface area contributed by atoms with Crippen molar-refractivity contribution in [3.63, 3.8) is 0 Å². The summed E-state index contributed by atoms with van der Waals surface area (Å²) in [6, 6.07) is 9.11. The van der Waals surface area contributed by atoms with Crippen LogP contribution >= 0.6 is 46.6 Å². The molecular weight excluding hydrogens is 593 g/mol. The van der Waals surface area contributed by atoms with E-state index in [-0.39, 0.29) is 17.9 Å². The Labute approximate surface area is 252 Å². The maximum atomic E-state index is 13.3. The molecule has 2 aliphatic rings. The molecule has 0 radical (unpaired) electrons.